The summed E-state index contributed by atoms with van der Waals surface area (Å²) in [4.78, 5) is 0. The summed E-state index contributed by atoms with van der Waals surface area (Å²) in [6.07, 6.45) is 0. The molecule has 0 nitrogen and oxygen atoms in total. The molecule has 1 radical (unpaired) electrons. The zero-order chi connectivity index (χ0) is 3.58. The van der Waals surface area contributed by atoms with Crippen molar-refractivity contribution in [3.05, 3.63) is 0 Å². The van der Waals surface area contributed by atoms with Crippen LogP contribution in [-0.2, 0) is 0 Å². The zero-order valence-electron chi connectivity index (χ0n) is 2.06. The van der Waals surface area contributed by atoms with E-state index in [1.807, 2.05) is 0 Å². The molecule has 32 valence electrons. The van der Waals surface area contributed by atoms with Crippen LogP contribution in [0.15, 0.2) is 0 Å². The fraction of sp³-hybridized carbons (Fsp3) is 0. The van der Waals surface area contributed by atoms with Gasteiger partial charge in [0, 0.05) is 35.6 Å². The molecule has 0 aliphatic heterocycles. The molecule has 0 aliphatic carbocycles. The monoisotopic (exact) mass is 402 g/mol. The molecule has 5 heavy (non-hydrogen) atoms. The largest absolute Gasteiger partial charge is 0 e. The Bertz CT molecular complexity index is 11.6. The van der Waals surface area contributed by atoms with Gasteiger partial charge in [-0.1, -0.05) is 0 Å². The topological polar surface area (TPSA) is 0 Å². The van der Waals surface area contributed by atoms with E-state index in [0.29, 0.717) is 0 Å². The Balaban J connectivity index is 0. The van der Waals surface area contributed by atoms with Crippen LogP contribution in [0.25, 0.3) is 0 Å². The average Bonchev–Trinajstić information content (AvgIpc) is 0.811. The van der Waals surface area contributed by atoms with Crippen molar-refractivity contribution in [2.24, 2.45) is 0 Å². The van der Waals surface area contributed by atoms with Crippen molar-refractivity contribution in [2.75, 3.05) is 0 Å². The van der Waals surface area contributed by atoms with Crippen LogP contribution in [0.4, 0.5) is 0 Å². The summed E-state index contributed by atoms with van der Waals surface area (Å²) in [5, 5.41) is 0. The minimum atomic E-state index is -1.98. The van der Waals surface area contributed by atoms with Gasteiger partial charge in [0.2, 0.25) is 0 Å². The van der Waals surface area contributed by atoms with Crippen molar-refractivity contribution < 1.29 is 64.8 Å². The first kappa shape index (κ1) is 11.2. The Morgan fingerprint density at radius 2 is 1.00 bits per heavy atom. The van der Waals surface area contributed by atoms with E-state index in [1.54, 1.807) is 0 Å². The van der Waals surface area contributed by atoms with E-state index in [0.717, 1.165) is 0 Å². The normalized spacial score (nSPS) is 9.00. The molecule has 0 N–H and O–H groups in total. The van der Waals surface area contributed by atoms with Gasteiger partial charge in [-0.15, -0.1) is 0 Å². The number of hydrogen-bond donors (Lipinski definition) is 0. The van der Waals surface area contributed by atoms with Gasteiger partial charge in [0.25, 0.3) is 0 Å². The van der Waals surface area contributed by atoms with Crippen LogP contribution in [0, 0.1) is 64.8 Å². The predicted molar refractivity (Wildman–Crippen MR) is 17.6 cm³/mol. The van der Waals surface area contributed by atoms with Crippen LogP contribution in [0.3, 0.4) is 0 Å². The van der Waals surface area contributed by atoms with Gasteiger partial charge in [-0.05, 0) is 0 Å². The Hall–Kier alpha value is 3.39. The van der Waals surface area contributed by atoms with Crippen molar-refractivity contribution in [2.45, 2.75) is 0 Å². The Labute approximate surface area is 80.1 Å². The maximum absolute atomic E-state index is 4.98. The SMILES string of the molecule is [Cl][Gd]([Cl])[Cl].[La]. The molecule has 0 heterocycles. The maximum atomic E-state index is 4.98. The molecule has 0 atom stereocenters. The first-order valence-corrected chi connectivity index (χ1v) is 8.92. The standard InChI is InChI=1S/3ClH.Gd.La/h3*1H;;/q;;;+3;/p-3. The molecular weight excluding hydrogens is 403 g/mol. The van der Waals surface area contributed by atoms with E-state index in [2.05, 4.69) is 0 Å². The molecule has 0 aromatic carbocycles. The fourth-order valence-electron chi connectivity index (χ4n) is 0. The van der Waals surface area contributed by atoms with Gasteiger partial charge in [-0.3, -0.25) is 0 Å². The molecule has 0 amide bonds. The third kappa shape index (κ3) is 18.7. The van der Waals surface area contributed by atoms with Crippen LogP contribution >= 0.6 is 17.9 Å². The summed E-state index contributed by atoms with van der Waals surface area (Å²) in [5.74, 6) is 14.9. The van der Waals surface area contributed by atoms with E-state index in [-0.39, 0.29) is 35.6 Å². The van der Waals surface area contributed by atoms with E-state index in [4.69, 9.17) is 17.9 Å². The second-order valence-electron chi connectivity index (χ2n) is 0.152. The molecule has 0 saturated carbocycles. The van der Waals surface area contributed by atoms with Crippen molar-refractivity contribution in [1.29, 1.82) is 0 Å². The van der Waals surface area contributed by atoms with Crippen LogP contribution in [0.5, 0.6) is 0 Å². The minimum Gasteiger partial charge on any atom is 0 e. The van der Waals surface area contributed by atoms with Gasteiger partial charge in [-0.25, -0.2) is 0 Å². The summed E-state index contributed by atoms with van der Waals surface area (Å²) in [7, 11) is 0. The Kier molecular flexibility index (Phi) is 16.6. The van der Waals surface area contributed by atoms with Crippen LogP contribution < -0.4 is 0 Å². The van der Waals surface area contributed by atoms with E-state index in [1.165, 1.54) is 0 Å². The van der Waals surface area contributed by atoms with Crippen molar-refractivity contribution >= 4 is 17.9 Å². The molecule has 0 aromatic heterocycles. The molecule has 0 bridgehead atoms. The summed E-state index contributed by atoms with van der Waals surface area (Å²) in [5.41, 5.74) is 0. The van der Waals surface area contributed by atoms with Crippen LogP contribution in [0.2, 0.25) is 0 Å². The van der Waals surface area contributed by atoms with Gasteiger partial charge in [-0.2, -0.15) is 0 Å². The zero-order valence-corrected chi connectivity index (χ0v) is 10.2. The molecule has 0 fully saturated rings. The van der Waals surface area contributed by atoms with Crippen molar-refractivity contribution in [3.63, 3.8) is 0 Å². The van der Waals surface area contributed by atoms with Gasteiger partial charge < -0.3 is 0 Å². The summed E-state index contributed by atoms with van der Waals surface area (Å²) < 4.78 is 0. The summed E-state index contributed by atoms with van der Waals surface area (Å²) >= 11 is -1.98. The Morgan fingerprint density at radius 1 is 1.00 bits per heavy atom. The van der Waals surface area contributed by atoms with Crippen molar-refractivity contribution in [1.82, 2.24) is 0 Å². The predicted octanol–water partition coefficient (Wildman–Crippen LogP) is 2.07. The van der Waals surface area contributed by atoms with Crippen molar-refractivity contribution in [3.8, 4) is 0 Å². The summed E-state index contributed by atoms with van der Waals surface area (Å²) in [6, 6.07) is 0. The number of hydrogen-bond acceptors (Lipinski definition) is 0. The smallest absolute Gasteiger partial charge is 0 e. The number of halogens is 3. The minimum absolute atomic E-state index is 0. The van der Waals surface area contributed by atoms with E-state index in [9.17, 15) is 0 Å². The maximum Gasteiger partial charge on any atom is 0 e. The third-order valence-electron chi connectivity index (χ3n) is 0. The van der Waals surface area contributed by atoms with Gasteiger partial charge in [0.05, 0.1) is 0 Å². The summed E-state index contributed by atoms with van der Waals surface area (Å²) in [6.45, 7) is 0. The van der Waals surface area contributed by atoms with Gasteiger partial charge >= 0.3 is 47.1 Å². The first-order valence-electron chi connectivity index (χ1n) is 0.401. The molecule has 0 rings (SSSR count). The third-order valence-corrected chi connectivity index (χ3v) is 0. The average molecular weight is 403 g/mol. The quantitative estimate of drug-likeness (QED) is 0.582. The Morgan fingerprint density at radius 3 is 1.00 bits per heavy atom. The number of rotatable bonds is 0. The molecular formula is Cl3GdLa. The van der Waals surface area contributed by atoms with E-state index >= 15 is 0 Å². The van der Waals surface area contributed by atoms with E-state index < -0.39 is 29.2 Å². The second kappa shape index (κ2) is 7.39. The molecule has 0 unspecified atom stereocenters. The first-order chi connectivity index (χ1) is 1.73. The van der Waals surface area contributed by atoms with Crippen LogP contribution in [0.1, 0.15) is 0 Å². The molecule has 0 spiro atoms. The second-order valence-corrected chi connectivity index (χ2v) is 10.1. The fourth-order valence-corrected chi connectivity index (χ4v) is 0. The van der Waals surface area contributed by atoms with Crippen LogP contribution in [-0.4, -0.2) is 0 Å². The molecule has 5 heteroatoms. The molecule has 0 aliphatic rings. The van der Waals surface area contributed by atoms with Gasteiger partial charge in [0.15, 0.2) is 0 Å². The molecule has 0 saturated heterocycles. The molecule has 0 aromatic rings. The van der Waals surface area contributed by atoms with Gasteiger partial charge in [0.1, 0.15) is 0 Å².